The number of nitrogens with zero attached hydrogens (tertiary/aromatic N) is 2. The summed E-state index contributed by atoms with van der Waals surface area (Å²) >= 11 is 0. The molecule has 0 radical (unpaired) electrons. The third kappa shape index (κ3) is 2.43. The van der Waals surface area contributed by atoms with Crippen molar-refractivity contribution in [2.75, 3.05) is 13.1 Å². The largest absolute Gasteiger partial charge is 0.421 e. The highest BCUT2D eigenvalue weighted by molar-refractivity contribution is 5.72. The van der Waals surface area contributed by atoms with E-state index in [4.69, 9.17) is 9.15 Å². The van der Waals surface area contributed by atoms with Crippen molar-refractivity contribution in [2.24, 2.45) is 0 Å². The summed E-state index contributed by atoms with van der Waals surface area (Å²) in [7, 11) is 0. The van der Waals surface area contributed by atoms with E-state index in [-0.39, 0.29) is 18.0 Å². The number of rotatable bonds is 2. The van der Waals surface area contributed by atoms with Crippen molar-refractivity contribution in [3.63, 3.8) is 0 Å². The van der Waals surface area contributed by atoms with E-state index in [9.17, 15) is 4.79 Å². The Bertz CT molecular complexity index is 621. The molecule has 0 spiro atoms. The van der Waals surface area contributed by atoms with Gasteiger partial charge in [-0.2, -0.15) is 0 Å². The molecule has 1 aliphatic rings. The second kappa shape index (κ2) is 4.83. The number of aromatic nitrogens is 1. The van der Waals surface area contributed by atoms with Crippen molar-refractivity contribution in [1.29, 1.82) is 0 Å². The van der Waals surface area contributed by atoms with Gasteiger partial charge in [0.2, 0.25) is 0 Å². The second-order valence-corrected chi connectivity index (χ2v) is 5.20. The molecule has 2 heterocycles. The Kier molecular flexibility index (Phi) is 3.16. The molecule has 0 bridgehead atoms. The fraction of sp³-hybridized carbons (Fsp3) is 0.500. The first-order valence-corrected chi connectivity index (χ1v) is 6.59. The summed E-state index contributed by atoms with van der Waals surface area (Å²) in [5.74, 6) is -0.298. The van der Waals surface area contributed by atoms with Crippen molar-refractivity contribution >= 4 is 11.1 Å². The molecular formula is C14H18N2O3. The van der Waals surface area contributed by atoms with Gasteiger partial charge >= 0.3 is 5.76 Å². The number of oxazole rings is 1. The molecule has 1 aromatic heterocycles. The molecule has 0 saturated carbocycles. The van der Waals surface area contributed by atoms with Crippen LogP contribution in [0.25, 0.3) is 11.1 Å². The smallest absolute Gasteiger partial charge is 0.408 e. The summed E-state index contributed by atoms with van der Waals surface area (Å²) in [6.07, 6.45) is 0.384. The number of fused-ring (bicyclic) bond motifs is 1. The maximum Gasteiger partial charge on any atom is 0.421 e. The Labute approximate surface area is 111 Å². The number of hydrogen-bond acceptors (Lipinski definition) is 4. The molecule has 0 aliphatic carbocycles. The van der Waals surface area contributed by atoms with Crippen LogP contribution in [0, 0.1) is 0 Å². The van der Waals surface area contributed by atoms with Gasteiger partial charge in [-0.1, -0.05) is 12.1 Å². The molecule has 3 rings (SSSR count). The maximum atomic E-state index is 11.9. The minimum absolute atomic E-state index is 0.192. The van der Waals surface area contributed by atoms with Crippen molar-refractivity contribution in [2.45, 2.75) is 32.7 Å². The number of morpholine rings is 1. The van der Waals surface area contributed by atoms with E-state index in [0.717, 1.165) is 18.6 Å². The molecule has 102 valence electrons. The highest BCUT2D eigenvalue weighted by Crippen LogP contribution is 2.15. The van der Waals surface area contributed by atoms with Gasteiger partial charge in [0.1, 0.15) is 0 Å². The summed E-state index contributed by atoms with van der Waals surface area (Å²) in [4.78, 5) is 14.1. The van der Waals surface area contributed by atoms with Crippen LogP contribution >= 0.6 is 0 Å². The van der Waals surface area contributed by atoms with E-state index in [1.54, 1.807) is 4.57 Å². The average molecular weight is 262 g/mol. The van der Waals surface area contributed by atoms with Gasteiger partial charge in [0.25, 0.3) is 0 Å². The molecule has 1 aliphatic heterocycles. The Morgan fingerprint density at radius 3 is 2.63 bits per heavy atom. The molecule has 5 nitrogen and oxygen atoms in total. The summed E-state index contributed by atoms with van der Waals surface area (Å²) < 4.78 is 12.6. The van der Waals surface area contributed by atoms with Crippen molar-refractivity contribution in [3.05, 3.63) is 34.8 Å². The zero-order valence-electron chi connectivity index (χ0n) is 11.2. The topological polar surface area (TPSA) is 47.6 Å². The quantitative estimate of drug-likeness (QED) is 0.826. The number of ether oxygens (including phenoxy) is 1. The van der Waals surface area contributed by atoms with Gasteiger partial charge in [-0.25, -0.2) is 4.79 Å². The molecule has 5 heteroatoms. The number of hydrogen-bond donors (Lipinski definition) is 0. The zero-order chi connectivity index (χ0) is 13.4. The SMILES string of the molecule is C[C@H]1CN(Cn2c(=O)oc3ccccc32)C[C@H](C)O1. The predicted molar refractivity (Wildman–Crippen MR) is 72.1 cm³/mol. The third-order valence-electron chi connectivity index (χ3n) is 3.41. The highest BCUT2D eigenvalue weighted by atomic mass is 16.5. The van der Waals surface area contributed by atoms with Gasteiger partial charge < -0.3 is 9.15 Å². The van der Waals surface area contributed by atoms with Crippen LogP contribution in [0.4, 0.5) is 0 Å². The summed E-state index contributed by atoms with van der Waals surface area (Å²) in [5.41, 5.74) is 1.49. The molecule has 0 N–H and O–H groups in total. The molecule has 1 saturated heterocycles. The van der Waals surface area contributed by atoms with Crippen LogP contribution in [0.5, 0.6) is 0 Å². The number of benzene rings is 1. The minimum Gasteiger partial charge on any atom is -0.408 e. The van der Waals surface area contributed by atoms with Gasteiger partial charge in [0.05, 0.1) is 24.4 Å². The van der Waals surface area contributed by atoms with E-state index in [1.165, 1.54) is 0 Å². The van der Waals surface area contributed by atoms with Gasteiger partial charge in [-0.05, 0) is 26.0 Å². The lowest BCUT2D eigenvalue weighted by atomic mass is 10.2. The van der Waals surface area contributed by atoms with Gasteiger partial charge in [-0.15, -0.1) is 0 Å². The Balaban J connectivity index is 1.89. The third-order valence-corrected chi connectivity index (χ3v) is 3.41. The summed E-state index contributed by atoms with van der Waals surface area (Å²) in [6, 6.07) is 7.51. The van der Waals surface area contributed by atoms with Gasteiger partial charge in [0.15, 0.2) is 5.58 Å². The molecule has 19 heavy (non-hydrogen) atoms. The van der Waals surface area contributed by atoms with Crippen LogP contribution in [-0.4, -0.2) is 34.8 Å². The highest BCUT2D eigenvalue weighted by Gasteiger charge is 2.23. The molecule has 1 aromatic carbocycles. The monoisotopic (exact) mass is 262 g/mol. The predicted octanol–water partition coefficient (Wildman–Crippen LogP) is 1.66. The van der Waals surface area contributed by atoms with E-state index >= 15 is 0 Å². The zero-order valence-corrected chi connectivity index (χ0v) is 11.2. The first-order valence-electron chi connectivity index (χ1n) is 6.59. The summed E-state index contributed by atoms with van der Waals surface area (Å²) in [6.45, 7) is 6.32. The van der Waals surface area contributed by atoms with Crippen LogP contribution in [0.1, 0.15) is 13.8 Å². The van der Waals surface area contributed by atoms with Gasteiger partial charge in [0, 0.05) is 13.1 Å². The molecule has 2 aromatic rings. The van der Waals surface area contributed by atoms with Gasteiger partial charge in [-0.3, -0.25) is 9.47 Å². The van der Waals surface area contributed by atoms with Crippen LogP contribution in [0.3, 0.4) is 0 Å². The van der Waals surface area contributed by atoms with E-state index < -0.39 is 0 Å². The molecule has 0 unspecified atom stereocenters. The molecule has 1 fully saturated rings. The van der Waals surface area contributed by atoms with Crippen LogP contribution in [0.15, 0.2) is 33.5 Å². The minimum atomic E-state index is -0.298. The van der Waals surface area contributed by atoms with Crippen molar-refractivity contribution in [1.82, 2.24) is 9.47 Å². The van der Waals surface area contributed by atoms with Crippen molar-refractivity contribution in [3.8, 4) is 0 Å². The fourth-order valence-corrected chi connectivity index (χ4v) is 2.75. The Hall–Kier alpha value is -1.59. The van der Waals surface area contributed by atoms with Crippen molar-refractivity contribution < 1.29 is 9.15 Å². The van der Waals surface area contributed by atoms with E-state index in [1.807, 2.05) is 24.3 Å². The summed E-state index contributed by atoms with van der Waals surface area (Å²) in [5, 5.41) is 0. The van der Waals surface area contributed by atoms with Crippen LogP contribution in [-0.2, 0) is 11.4 Å². The maximum absolute atomic E-state index is 11.9. The number of para-hydroxylation sites is 2. The second-order valence-electron chi connectivity index (χ2n) is 5.20. The van der Waals surface area contributed by atoms with E-state index in [0.29, 0.717) is 12.3 Å². The normalized spacial score (nSPS) is 24.9. The standard InChI is InChI=1S/C14H18N2O3/c1-10-7-15(8-11(2)18-10)9-16-12-5-3-4-6-13(12)19-14(16)17/h3-6,10-11H,7-9H2,1-2H3/t10-,11-/m0/s1. The fourth-order valence-electron chi connectivity index (χ4n) is 2.75. The average Bonchev–Trinajstić information content (AvgIpc) is 2.65. The Morgan fingerprint density at radius 2 is 1.89 bits per heavy atom. The van der Waals surface area contributed by atoms with Crippen LogP contribution in [0.2, 0.25) is 0 Å². The Morgan fingerprint density at radius 1 is 1.21 bits per heavy atom. The lowest BCUT2D eigenvalue weighted by molar-refractivity contribution is -0.0766. The molecular weight excluding hydrogens is 244 g/mol. The first kappa shape index (κ1) is 12.4. The van der Waals surface area contributed by atoms with Crippen LogP contribution < -0.4 is 5.76 Å². The first-order chi connectivity index (χ1) is 9.13. The molecule has 2 atom stereocenters. The molecule has 0 amide bonds. The van der Waals surface area contributed by atoms with E-state index in [2.05, 4.69) is 18.7 Å². The lowest BCUT2D eigenvalue weighted by Gasteiger charge is -2.35. The lowest BCUT2D eigenvalue weighted by Crippen LogP contribution is -2.46.